The van der Waals surface area contributed by atoms with Gasteiger partial charge in [0.2, 0.25) is 5.91 Å². The summed E-state index contributed by atoms with van der Waals surface area (Å²) in [4.78, 5) is 21.4. The van der Waals surface area contributed by atoms with Gasteiger partial charge in [0.05, 0.1) is 0 Å². The zero-order valence-electron chi connectivity index (χ0n) is 19.0. The molecule has 2 heterocycles. The summed E-state index contributed by atoms with van der Waals surface area (Å²) in [6, 6.07) is 6.13. The van der Waals surface area contributed by atoms with Gasteiger partial charge in [-0.05, 0) is 62.6 Å². The van der Waals surface area contributed by atoms with E-state index in [0.717, 1.165) is 69.5 Å². The van der Waals surface area contributed by atoms with Crippen LogP contribution in [0.5, 0.6) is 0 Å². The number of amides is 1. The van der Waals surface area contributed by atoms with E-state index in [2.05, 4.69) is 46.4 Å². The maximum absolute atomic E-state index is 11.6. The molecular weight excluding hydrogens is 525 g/mol. The molecular formula is C23H37ClIN5O. The SMILES string of the molecule is CCNC(=NCC1CCN(c2cc(Cl)ccc2C)C1)N1CCC(CC(=O)NC)CC1.I. The normalized spacial score (nSPS) is 19.9. The third-order valence-corrected chi connectivity index (χ3v) is 6.53. The van der Waals surface area contributed by atoms with Crippen molar-refractivity contribution in [3.8, 4) is 0 Å². The van der Waals surface area contributed by atoms with Gasteiger partial charge in [-0.3, -0.25) is 9.79 Å². The Bertz CT molecular complexity index is 751. The lowest BCUT2D eigenvalue weighted by atomic mass is 9.93. The summed E-state index contributed by atoms with van der Waals surface area (Å²) < 4.78 is 0. The molecule has 0 saturated carbocycles. The summed E-state index contributed by atoms with van der Waals surface area (Å²) in [6.07, 6.45) is 3.88. The van der Waals surface area contributed by atoms with Crippen molar-refractivity contribution in [3.63, 3.8) is 0 Å². The van der Waals surface area contributed by atoms with Gasteiger partial charge in [0.1, 0.15) is 0 Å². The quantitative estimate of drug-likeness (QED) is 0.314. The molecule has 0 bridgehead atoms. The van der Waals surface area contributed by atoms with Gasteiger partial charge in [-0.1, -0.05) is 17.7 Å². The Balaban J connectivity index is 0.00000341. The summed E-state index contributed by atoms with van der Waals surface area (Å²) in [5, 5.41) is 7.01. The Morgan fingerprint density at radius 1 is 1.19 bits per heavy atom. The molecule has 6 nitrogen and oxygen atoms in total. The number of rotatable bonds is 6. The number of halogens is 2. The highest BCUT2D eigenvalue weighted by Gasteiger charge is 2.26. The van der Waals surface area contributed by atoms with Crippen LogP contribution in [-0.2, 0) is 4.79 Å². The maximum Gasteiger partial charge on any atom is 0.220 e. The summed E-state index contributed by atoms with van der Waals surface area (Å²) in [7, 11) is 1.71. The fourth-order valence-corrected chi connectivity index (χ4v) is 4.64. The van der Waals surface area contributed by atoms with Crippen molar-refractivity contribution in [2.45, 2.75) is 39.5 Å². The minimum absolute atomic E-state index is 0. The minimum atomic E-state index is 0. The molecule has 1 aromatic rings. The number of piperidine rings is 1. The standard InChI is InChI=1S/C23H36ClN5O.HI/c1-4-26-23(28-10-7-18(8-11-28)13-22(30)25-3)27-15-19-9-12-29(16-19)21-14-20(24)6-5-17(21)2;/h5-6,14,18-19H,4,7-13,15-16H2,1-3H3,(H,25,30)(H,26,27);1H. The fraction of sp³-hybridized carbons (Fsp3) is 0.652. The van der Waals surface area contributed by atoms with Crippen LogP contribution in [0.4, 0.5) is 5.69 Å². The van der Waals surface area contributed by atoms with Crippen LogP contribution in [0, 0.1) is 18.8 Å². The lowest BCUT2D eigenvalue weighted by Crippen LogP contribution is -2.46. The van der Waals surface area contributed by atoms with Crippen LogP contribution in [0.2, 0.25) is 5.02 Å². The Morgan fingerprint density at radius 2 is 1.90 bits per heavy atom. The average Bonchev–Trinajstić information content (AvgIpc) is 3.22. The van der Waals surface area contributed by atoms with E-state index in [0.29, 0.717) is 18.3 Å². The molecule has 8 heteroatoms. The van der Waals surface area contributed by atoms with E-state index < -0.39 is 0 Å². The number of nitrogens with zero attached hydrogens (tertiary/aromatic N) is 3. The Hall–Kier alpha value is -1.22. The van der Waals surface area contributed by atoms with Gasteiger partial charge in [0, 0.05) is 63.4 Å². The van der Waals surface area contributed by atoms with Crippen molar-refractivity contribution >= 4 is 53.1 Å². The molecule has 1 unspecified atom stereocenters. The first-order valence-corrected chi connectivity index (χ1v) is 11.6. The van der Waals surface area contributed by atoms with Gasteiger partial charge in [-0.15, -0.1) is 24.0 Å². The molecule has 0 radical (unpaired) electrons. The summed E-state index contributed by atoms with van der Waals surface area (Å²) in [6.45, 7) is 9.99. The number of benzene rings is 1. The number of nitrogens with one attached hydrogen (secondary N) is 2. The molecule has 2 aliphatic rings. The third-order valence-electron chi connectivity index (χ3n) is 6.30. The largest absolute Gasteiger partial charge is 0.371 e. The molecule has 2 aliphatic heterocycles. The molecule has 0 aliphatic carbocycles. The van der Waals surface area contributed by atoms with Crippen LogP contribution >= 0.6 is 35.6 Å². The Morgan fingerprint density at radius 3 is 2.58 bits per heavy atom. The summed E-state index contributed by atoms with van der Waals surface area (Å²) >= 11 is 6.22. The van der Waals surface area contributed by atoms with E-state index in [9.17, 15) is 4.79 Å². The summed E-state index contributed by atoms with van der Waals surface area (Å²) in [5.41, 5.74) is 2.52. The number of anilines is 1. The van der Waals surface area contributed by atoms with E-state index in [1.165, 1.54) is 11.3 Å². The molecule has 31 heavy (non-hydrogen) atoms. The number of aliphatic imine (C=N–C) groups is 1. The lowest BCUT2D eigenvalue weighted by molar-refractivity contribution is -0.121. The minimum Gasteiger partial charge on any atom is -0.371 e. The Labute approximate surface area is 209 Å². The zero-order valence-corrected chi connectivity index (χ0v) is 22.1. The van der Waals surface area contributed by atoms with Crippen LogP contribution in [0.3, 0.4) is 0 Å². The van der Waals surface area contributed by atoms with E-state index >= 15 is 0 Å². The van der Waals surface area contributed by atoms with Gasteiger partial charge in [-0.2, -0.15) is 0 Å². The van der Waals surface area contributed by atoms with Crippen molar-refractivity contribution in [2.75, 3.05) is 51.2 Å². The van der Waals surface area contributed by atoms with Crippen LogP contribution < -0.4 is 15.5 Å². The van der Waals surface area contributed by atoms with E-state index in [4.69, 9.17) is 16.6 Å². The number of hydrogen-bond acceptors (Lipinski definition) is 3. The maximum atomic E-state index is 11.6. The fourth-order valence-electron chi connectivity index (χ4n) is 4.48. The van der Waals surface area contributed by atoms with E-state index in [1.807, 2.05) is 6.07 Å². The molecule has 0 spiro atoms. The highest BCUT2D eigenvalue weighted by atomic mass is 127. The zero-order chi connectivity index (χ0) is 21.5. The van der Waals surface area contributed by atoms with Gasteiger partial charge in [0.15, 0.2) is 5.96 Å². The van der Waals surface area contributed by atoms with E-state index in [1.54, 1.807) is 7.05 Å². The number of hydrogen-bond donors (Lipinski definition) is 2. The highest BCUT2D eigenvalue weighted by molar-refractivity contribution is 14.0. The second kappa shape index (κ2) is 12.7. The Kier molecular flexibility index (Phi) is 10.7. The van der Waals surface area contributed by atoms with Crippen LogP contribution in [-0.4, -0.2) is 63.1 Å². The predicted octanol–water partition coefficient (Wildman–Crippen LogP) is 3.91. The van der Waals surface area contributed by atoms with Crippen LogP contribution in [0.1, 0.15) is 38.2 Å². The monoisotopic (exact) mass is 561 g/mol. The smallest absolute Gasteiger partial charge is 0.220 e. The topological polar surface area (TPSA) is 60.0 Å². The number of likely N-dealkylation sites (tertiary alicyclic amines) is 1. The predicted molar refractivity (Wildman–Crippen MR) is 141 cm³/mol. The second-order valence-corrected chi connectivity index (χ2v) is 8.97. The van der Waals surface area contributed by atoms with Crippen LogP contribution in [0.15, 0.2) is 23.2 Å². The average molecular weight is 562 g/mol. The van der Waals surface area contributed by atoms with Gasteiger partial charge in [0.25, 0.3) is 0 Å². The first-order valence-electron chi connectivity index (χ1n) is 11.2. The van der Waals surface area contributed by atoms with Gasteiger partial charge < -0.3 is 20.4 Å². The first kappa shape index (κ1) is 26.0. The molecule has 2 saturated heterocycles. The van der Waals surface area contributed by atoms with Gasteiger partial charge >= 0.3 is 0 Å². The van der Waals surface area contributed by atoms with Crippen molar-refractivity contribution in [3.05, 3.63) is 28.8 Å². The molecule has 174 valence electrons. The van der Waals surface area contributed by atoms with Crippen molar-refractivity contribution < 1.29 is 4.79 Å². The molecule has 1 aromatic carbocycles. The van der Waals surface area contributed by atoms with Crippen molar-refractivity contribution in [1.29, 1.82) is 0 Å². The highest BCUT2D eigenvalue weighted by Crippen LogP contribution is 2.29. The van der Waals surface area contributed by atoms with Crippen LogP contribution in [0.25, 0.3) is 0 Å². The second-order valence-electron chi connectivity index (χ2n) is 8.53. The van der Waals surface area contributed by atoms with Crippen molar-refractivity contribution in [2.24, 2.45) is 16.8 Å². The molecule has 0 aromatic heterocycles. The molecule has 3 rings (SSSR count). The first-order chi connectivity index (χ1) is 14.5. The molecule has 1 atom stereocenters. The number of carbonyl (C=O) groups is 1. The lowest BCUT2D eigenvalue weighted by Gasteiger charge is -2.34. The third kappa shape index (κ3) is 7.41. The summed E-state index contributed by atoms with van der Waals surface area (Å²) in [5.74, 6) is 2.21. The van der Waals surface area contributed by atoms with Gasteiger partial charge in [-0.25, -0.2) is 0 Å². The van der Waals surface area contributed by atoms with E-state index in [-0.39, 0.29) is 29.9 Å². The molecule has 2 fully saturated rings. The molecule has 2 N–H and O–H groups in total. The number of carbonyl (C=O) groups excluding carboxylic acids is 1. The number of aryl methyl sites for hydroxylation is 1. The van der Waals surface area contributed by atoms with Crippen molar-refractivity contribution in [1.82, 2.24) is 15.5 Å². The molecule has 1 amide bonds. The number of guanidine groups is 1.